The summed E-state index contributed by atoms with van der Waals surface area (Å²) in [6.45, 7) is 5.89. The van der Waals surface area contributed by atoms with Gasteiger partial charge in [0.15, 0.2) is 0 Å². The topological polar surface area (TPSA) is 49.7 Å². The van der Waals surface area contributed by atoms with Gasteiger partial charge in [0.25, 0.3) is 0 Å². The van der Waals surface area contributed by atoms with Gasteiger partial charge in [0, 0.05) is 0 Å². The van der Waals surface area contributed by atoms with Crippen LogP contribution in [0.4, 0.5) is 0 Å². The molecule has 3 heteroatoms. The Morgan fingerprint density at radius 1 is 1.24 bits per heavy atom. The normalized spacial score (nSPS) is 16.3. The van der Waals surface area contributed by atoms with E-state index in [9.17, 15) is 10.2 Å². The van der Waals surface area contributed by atoms with E-state index in [1.165, 1.54) is 0 Å². The fourth-order valence-electron chi connectivity index (χ4n) is 1.36. The van der Waals surface area contributed by atoms with Gasteiger partial charge in [-0.2, -0.15) is 0 Å². The van der Waals surface area contributed by atoms with Crippen LogP contribution in [0.15, 0.2) is 24.3 Å². The lowest BCUT2D eigenvalue weighted by Crippen LogP contribution is -2.31. The minimum absolute atomic E-state index is 0.277. The average molecular weight is 238 g/mol. The van der Waals surface area contributed by atoms with Gasteiger partial charge in [0.05, 0.1) is 11.7 Å². The van der Waals surface area contributed by atoms with Crippen molar-refractivity contribution in [3.8, 4) is 5.75 Å². The molecule has 0 aliphatic carbocycles. The van der Waals surface area contributed by atoms with Crippen LogP contribution in [-0.4, -0.2) is 22.4 Å². The van der Waals surface area contributed by atoms with Crippen molar-refractivity contribution in [2.75, 3.05) is 6.61 Å². The number of benzene rings is 1. The predicted octanol–water partition coefficient (Wildman–Crippen LogP) is 2.67. The van der Waals surface area contributed by atoms with Crippen LogP contribution in [0.5, 0.6) is 5.75 Å². The molecule has 0 saturated heterocycles. The maximum Gasteiger partial charge on any atom is 0.119 e. The van der Waals surface area contributed by atoms with Crippen molar-refractivity contribution in [1.82, 2.24) is 0 Å². The summed E-state index contributed by atoms with van der Waals surface area (Å²) in [4.78, 5) is 0. The summed E-state index contributed by atoms with van der Waals surface area (Å²) in [6, 6.07) is 7.34. The molecule has 0 aliphatic rings. The van der Waals surface area contributed by atoms with E-state index < -0.39 is 11.7 Å². The highest BCUT2D eigenvalue weighted by molar-refractivity contribution is 5.28. The van der Waals surface area contributed by atoms with Crippen molar-refractivity contribution in [3.63, 3.8) is 0 Å². The zero-order chi connectivity index (χ0) is 12.9. The third kappa shape index (κ3) is 4.36. The number of aliphatic hydroxyl groups is 2. The fraction of sp³-hybridized carbons (Fsp3) is 0.571. The number of aliphatic hydroxyl groups excluding tert-OH is 1. The molecule has 0 radical (unpaired) electrons. The quantitative estimate of drug-likeness (QED) is 0.801. The Balaban J connectivity index is 2.57. The van der Waals surface area contributed by atoms with Gasteiger partial charge in [0.1, 0.15) is 12.4 Å². The Morgan fingerprint density at radius 3 is 2.29 bits per heavy atom. The Morgan fingerprint density at radius 2 is 1.82 bits per heavy atom. The van der Waals surface area contributed by atoms with Crippen molar-refractivity contribution in [1.29, 1.82) is 0 Å². The molecule has 0 aromatic heterocycles. The van der Waals surface area contributed by atoms with E-state index in [0.717, 1.165) is 5.56 Å². The Kier molecular flexibility index (Phi) is 4.97. The van der Waals surface area contributed by atoms with Gasteiger partial charge in [-0.3, -0.25) is 0 Å². The molecule has 2 atom stereocenters. The van der Waals surface area contributed by atoms with Crippen molar-refractivity contribution in [3.05, 3.63) is 29.8 Å². The minimum atomic E-state index is -0.790. The summed E-state index contributed by atoms with van der Waals surface area (Å²) < 4.78 is 5.50. The molecule has 2 N–H and O–H groups in total. The minimum Gasteiger partial charge on any atom is -0.491 e. The first kappa shape index (κ1) is 14.0. The molecule has 0 amide bonds. The predicted molar refractivity (Wildman–Crippen MR) is 68.1 cm³/mol. The van der Waals surface area contributed by atoms with E-state index in [0.29, 0.717) is 18.6 Å². The molecule has 1 aromatic carbocycles. The molecule has 0 saturated carbocycles. The zero-order valence-electron chi connectivity index (χ0n) is 10.8. The van der Waals surface area contributed by atoms with Crippen LogP contribution in [-0.2, 0) is 0 Å². The van der Waals surface area contributed by atoms with E-state index in [2.05, 4.69) is 0 Å². The molecule has 0 spiro atoms. The van der Waals surface area contributed by atoms with E-state index >= 15 is 0 Å². The summed E-state index contributed by atoms with van der Waals surface area (Å²) in [5.74, 6) is 0.714. The average Bonchev–Trinajstić information content (AvgIpc) is 2.36. The molecule has 3 nitrogen and oxygen atoms in total. The maximum atomic E-state index is 9.80. The van der Waals surface area contributed by atoms with Crippen LogP contribution in [0, 0.1) is 0 Å². The van der Waals surface area contributed by atoms with E-state index in [1.54, 1.807) is 6.92 Å². The number of ether oxygens (including phenoxy) is 1. The highest BCUT2D eigenvalue weighted by atomic mass is 16.5. The van der Waals surface area contributed by atoms with Crippen LogP contribution in [0.3, 0.4) is 0 Å². The molecule has 96 valence electrons. The van der Waals surface area contributed by atoms with Crippen LogP contribution in [0.1, 0.15) is 45.3 Å². The van der Waals surface area contributed by atoms with Gasteiger partial charge in [-0.25, -0.2) is 0 Å². The van der Waals surface area contributed by atoms with Gasteiger partial charge in [-0.15, -0.1) is 0 Å². The lowest BCUT2D eigenvalue weighted by atomic mass is 10.1. The van der Waals surface area contributed by atoms with Crippen LogP contribution >= 0.6 is 0 Å². The fourth-order valence-corrected chi connectivity index (χ4v) is 1.36. The first-order chi connectivity index (χ1) is 7.98. The van der Waals surface area contributed by atoms with Gasteiger partial charge in [0.2, 0.25) is 0 Å². The van der Waals surface area contributed by atoms with Gasteiger partial charge in [-0.05, 0) is 37.5 Å². The second kappa shape index (κ2) is 6.03. The number of hydrogen-bond acceptors (Lipinski definition) is 3. The van der Waals surface area contributed by atoms with E-state index in [1.807, 2.05) is 38.1 Å². The molecular weight excluding hydrogens is 216 g/mol. The first-order valence-electron chi connectivity index (χ1n) is 6.11. The van der Waals surface area contributed by atoms with Crippen molar-refractivity contribution >= 4 is 0 Å². The van der Waals surface area contributed by atoms with E-state index in [-0.39, 0.29) is 6.61 Å². The lowest BCUT2D eigenvalue weighted by molar-refractivity contribution is 0.00844. The molecule has 0 aliphatic heterocycles. The Hall–Kier alpha value is -1.06. The van der Waals surface area contributed by atoms with Gasteiger partial charge in [-0.1, -0.05) is 26.0 Å². The maximum absolute atomic E-state index is 9.80. The Labute approximate surface area is 103 Å². The van der Waals surface area contributed by atoms with Gasteiger partial charge >= 0.3 is 0 Å². The van der Waals surface area contributed by atoms with E-state index in [4.69, 9.17) is 4.74 Å². The molecule has 1 aromatic rings. The highest BCUT2D eigenvalue weighted by Gasteiger charge is 2.18. The molecule has 0 fully saturated rings. The van der Waals surface area contributed by atoms with Gasteiger partial charge < -0.3 is 14.9 Å². The largest absolute Gasteiger partial charge is 0.491 e. The summed E-state index contributed by atoms with van der Waals surface area (Å²) in [7, 11) is 0. The number of rotatable bonds is 6. The molecule has 0 bridgehead atoms. The molecule has 17 heavy (non-hydrogen) atoms. The monoisotopic (exact) mass is 238 g/mol. The van der Waals surface area contributed by atoms with Crippen molar-refractivity contribution in [2.24, 2.45) is 0 Å². The number of hydrogen-bond donors (Lipinski definition) is 2. The third-order valence-corrected chi connectivity index (χ3v) is 2.96. The summed E-state index contributed by atoms with van der Waals surface area (Å²) in [5.41, 5.74) is 0.101. The van der Waals surface area contributed by atoms with Crippen LogP contribution < -0.4 is 4.74 Å². The summed E-state index contributed by atoms with van der Waals surface area (Å²) >= 11 is 0. The van der Waals surface area contributed by atoms with Crippen molar-refractivity contribution < 1.29 is 14.9 Å². The second-order valence-electron chi connectivity index (χ2n) is 4.63. The van der Waals surface area contributed by atoms with Crippen LogP contribution in [0.2, 0.25) is 0 Å². The lowest BCUT2D eigenvalue weighted by Gasteiger charge is -2.21. The highest BCUT2D eigenvalue weighted by Crippen LogP contribution is 2.20. The SMILES string of the molecule is CCC(O)c1ccc(OCC(C)(O)CC)cc1. The van der Waals surface area contributed by atoms with Crippen LogP contribution in [0.25, 0.3) is 0 Å². The summed E-state index contributed by atoms with van der Waals surface area (Å²) in [6.07, 6.45) is 0.937. The Bertz CT molecular complexity index is 330. The molecule has 1 rings (SSSR count). The molecule has 0 heterocycles. The summed E-state index contributed by atoms with van der Waals surface area (Å²) in [5, 5.41) is 19.4. The second-order valence-corrected chi connectivity index (χ2v) is 4.63. The standard InChI is InChI=1S/C14H22O3/c1-4-13(15)11-6-8-12(9-7-11)17-10-14(3,16)5-2/h6-9,13,15-16H,4-5,10H2,1-3H3. The smallest absolute Gasteiger partial charge is 0.119 e. The first-order valence-corrected chi connectivity index (χ1v) is 6.11. The molecular formula is C14H22O3. The molecule has 2 unspecified atom stereocenters. The van der Waals surface area contributed by atoms with Crippen molar-refractivity contribution in [2.45, 2.75) is 45.3 Å². The zero-order valence-corrected chi connectivity index (χ0v) is 10.8. The third-order valence-electron chi connectivity index (χ3n) is 2.96.